The summed E-state index contributed by atoms with van der Waals surface area (Å²) in [7, 11) is 0. The van der Waals surface area contributed by atoms with Gasteiger partial charge in [-0.3, -0.25) is 24.1 Å². The summed E-state index contributed by atoms with van der Waals surface area (Å²) < 4.78 is 76.0. The maximum atomic E-state index is 14.2. The van der Waals surface area contributed by atoms with Crippen molar-refractivity contribution in [1.29, 1.82) is 5.26 Å². The van der Waals surface area contributed by atoms with Gasteiger partial charge < -0.3 is 48.4 Å². The number of hydrogen-bond acceptors (Lipinski definition) is 14. The van der Waals surface area contributed by atoms with E-state index in [-0.39, 0.29) is 67.4 Å². The molecule has 0 saturated carbocycles. The lowest BCUT2D eigenvalue weighted by Crippen LogP contribution is -2.55. The van der Waals surface area contributed by atoms with Gasteiger partial charge in [-0.1, -0.05) is 44.2 Å². The average Bonchev–Trinajstić information content (AvgIpc) is 4.32. The van der Waals surface area contributed by atoms with Gasteiger partial charge in [0, 0.05) is 36.4 Å². The van der Waals surface area contributed by atoms with Gasteiger partial charge in [0.25, 0.3) is 11.8 Å². The summed E-state index contributed by atoms with van der Waals surface area (Å²) in [6, 6.07) is 23.3. The van der Waals surface area contributed by atoms with E-state index in [0.717, 1.165) is 44.3 Å². The topological polar surface area (TPSA) is 185 Å². The molecule has 3 aliphatic rings. The Balaban J connectivity index is 0.703. The van der Waals surface area contributed by atoms with E-state index in [0.29, 0.717) is 88.3 Å². The number of ether oxygens (including phenoxy) is 6. The third kappa shape index (κ3) is 13.6. The molecule has 0 spiro atoms. The molecule has 1 N–H and O–H groups in total. The molecule has 4 heterocycles. The first-order chi connectivity index (χ1) is 38.4. The van der Waals surface area contributed by atoms with Gasteiger partial charge in [0.15, 0.2) is 5.11 Å². The number of aromatic nitrogens is 1. The van der Waals surface area contributed by atoms with Crippen LogP contribution >= 0.6 is 23.6 Å². The zero-order chi connectivity index (χ0) is 57.1. The van der Waals surface area contributed by atoms with E-state index in [4.69, 9.17) is 40.6 Å². The summed E-state index contributed by atoms with van der Waals surface area (Å²) in [5.41, 5.74) is 3.40. The standard InChI is InChI=1S/C58H64F3N7O10S2/c1-37(2)50(66-35-42-9-6-7-10-46(42)53(66)70)54(71)65-20-8-11-48(65)52(69)63-34-41-13-12-39(51-38(3)64-36-80-51)31-49(41)78-30-28-76-26-24-74-22-21-73-23-25-75-27-29-77-45-18-16-43(17-19-45)68-56(79)67(55(72)57(68,4)5)44-15-14-40(33-62)47(32-44)58(59,60)61/h6-7,9-10,12-19,31-32,36-37,48,50H,8,11,20-30,34-35H2,1-5H3,(H,63,69)/t48-,50?/m0/s1. The molecule has 80 heavy (non-hydrogen) atoms. The van der Waals surface area contributed by atoms with Crippen molar-refractivity contribution in [1.82, 2.24) is 20.1 Å². The Morgan fingerprint density at radius 3 is 2.11 bits per heavy atom. The summed E-state index contributed by atoms with van der Waals surface area (Å²) in [5, 5.41) is 12.3. The average molecular weight is 1140 g/mol. The number of halogens is 3. The number of rotatable bonds is 26. The molecule has 8 rings (SSSR count). The highest BCUT2D eigenvalue weighted by Crippen LogP contribution is 2.40. The number of hydrogen-bond donors (Lipinski definition) is 1. The minimum Gasteiger partial charge on any atom is -0.491 e. The fraction of sp³-hybridized carbons (Fsp3) is 0.431. The molecule has 2 fully saturated rings. The first kappa shape index (κ1) is 59.1. The van der Waals surface area contributed by atoms with Crippen LogP contribution in [-0.2, 0) is 52.6 Å². The van der Waals surface area contributed by atoms with Gasteiger partial charge in [0.05, 0.1) is 91.8 Å². The molecule has 1 aromatic heterocycles. The number of carbonyl (C=O) groups is 4. The largest absolute Gasteiger partial charge is 0.491 e. The Hall–Kier alpha value is -7.00. The molecule has 0 aliphatic carbocycles. The van der Waals surface area contributed by atoms with E-state index in [1.807, 2.05) is 57.2 Å². The summed E-state index contributed by atoms with van der Waals surface area (Å²) in [5.74, 6) is -0.203. The van der Waals surface area contributed by atoms with Gasteiger partial charge in [-0.25, -0.2) is 4.98 Å². The van der Waals surface area contributed by atoms with Gasteiger partial charge in [0.2, 0.25) is 11.8 Å². The quantitative estimate of drug-likeness (QED) is 0.0409. The van der Waals surface area contributed by atoms with Gasteiger partial charge >= 0.3 is 6.18 Å². The molecule has 4 amide bonds. The van der Waals surface area contributed by atoms with Crippen molar-refractivity contribution in [3.8, 4) is 28.0 Å². The highest BCUT2D eigenvalue weighted by molar-refractivity contribution is 7.81. The number of nitrogens with zero attached hydrogens (tertiary/aromatic N) is 6. The van der Waals surface area contributed by atoms with Crippen LogP contribution in [-0.4, -0.2) is 134 Å². The Morgan fingerprint density at radius 2 is 1.50 bits per heavy atom. The number of amides is 4. The van der Waals surface area contributed by atoms with Crippen LogP contribution in [0.5, 0.6) is 11.5 Å². The summed E-state index contributed by atoms with van der Waals surface area (Å²) in [6.07, 6.45) is -3.60. The second-order valence-electron chi connectivity index (χ2n) is 20.1. The summed E-state index contributed by atoms with van der Waals surface area (Å²) >= 11 is 7.15. The lowest BCUT2D eigenvalue weighted by molar-refractivity contribution is -0.143. The molecule has 3 aliphatic heterocycles. The number of anilines is 2. The lowest BCUT2D eigenvalue weighted by Gasteiger charge is -2.35. The minimum absolute atomic E-state index is 0.00777. The third-order valence-corrected chi connectivity index (χ3v) is 15.3. The maximum absolute atomic E-state index is 14.2. The van der Waals surface area contributed by atoms with Crippen LogP contribution in [0.1, 0.15) is 78.8 Å². The SMILES string of the molecule is Cc1ncsc1-c1ccc(CNC(=O)[C@@H]2CCCN2C(=O)C(C(C)C)N2Cc3ccccc3C2=O)c(OCCOCCOCCOCCOCCOc2ccc(N3C(=S)N(c4ccc(C#N)c(C(F)(F)F)c4)C(=O)C3(C)C)cc2)c1. The molecular formula is C58H64F3N7O10S2. The Morgan fingerprint density at radius 1 is 0.863 bits per heavy atom. The van der Waals surface area contributed by atoms with Crippen molar-refractivity contribution in [3.63, 3.8) is 0 Å². The molecule has 5 aromatic rings. The normalized spacial score (nSPS) is 16.4. The first-order valence-corrected chi connectivity index (χ1v) is 27.7. The number of nitrogens with one attached hydrogen (secondary N) is 1. The lowest BCUT2D eigenvalue weighted by atomic mass is 10.0. The molecule has 424 valence electrons. The number of thiazole rings is 1. The number of carbonyl (C=O) groups excluding carboxylic acids is 4. The van der Waals surface area contributed by atoms with Crippen LogP contribution in [0.3, 0.4) is 0 Å². The molecule has 17 nitrogen and oxygen atoms in total. The summed E-state index contributed by atoms with van der Waals surface area (Å²) in [6.45, 7) is 13.2. The number of likely N-dealkylation sites (tertiary alicyclic amines) is 1. The minimum atomic E-state index is -4.80. The van der Waals surface area contributed by atoms with Crippen molar-refractivity contribution in [2.75, 3.05) is 82.4 Å². The van der Waals surface area contributed by atoms with Crippen LogP contribution < -0.4 is 24.6 Å². The van der Waals surface area contributed by atoms with Gasteiger partial charge in [0.1, 0.15) is 42.3 Å². The third-order valence-electron chi connectivity index (χ3n) is 14.0. The molecule has 0 bridgehead atoms. The second-order valence-corrected chi connectivity index (χ2v) is 21.3. The van der Waals surface area contributed by atoms with E-state index in [1.165, 1.54) is 17.4 Å². The van der Waals surface area contributed by atoms with E-state index < -0.39 is 40.8 Å². The molecule has 2 saturated heterocycles. The van der Waals surface area contributed by atoms with E-state index in [2.05, 4.69) is 10.3 Å². The Bertz CT molecular complexity index is 3080. The number of thiocarbonyl (C=S) groups is 1. The highest BCUT2D eigenvalue weighted by atomic mass is 32.1. The fourth-order valence-corrected chi connectivity index (χ4v) is 11.3. The molecule has 4 aromatic carbocycles. The molecule has 22 heteroatoms. The first-order valence-electron chi connectivity index (χ1n) is 26.4. The number of alkyl halides is 3. The Kier molecular flexibility index (Phi) is 19.6. The van der Waals surface area contributed by atoms with Gasteiger partial charge in [-0.2, -0.15) is 18.4 Å². The molecular weight excluding hydrogens is 1080 g/mol. The summed E-state index contributed by atoms with van der Waals surface area (Å²) in [4.78, 5) is 66.4. The maximum Gasteiger partial charge on any atom is 0.417 e. The van der Waals surface area contributed by atoms with Gasteiger partial charge in [-0.05, 0) is 117 Å². The van der Waals surface area contributed by atoms with Crippen molar-refractivity contribution in [2.45, 2.75) is 84.3 Å². The Labute approximate surface area is 472 Å². The zero-order valence-electron chi connectivity index (χ0n) is 45.2. The van der Waals surface area contributed by atoms with Crippen LogP contribution in [0.4, 0.5) is 24.5 Å². The van der Waals surface area contributed by atoms with E-state index in [9.17, 15) is 37.6 Å². The number of benzene rings is 4. The molecule has 2 atom stereocenters. The smallest absolute Gasteiger partial charge is 0.417 e. The molecule has 1 unspecified atom stereocenters. The van der Waals surface area contributed by atoms with Crippen LogP contribution in [0.2, 0.25) is 0 Å². The number of fused-ring (bicyclic) bond motifs is 1. The van der Waals surface area contributed by atoms with E-state index in [1.54, 1.807) is 70.5 Å². The predicted molar refractivity (Wildman–Crippen MR) is 297 cm³/mol. The van der Waals surface area contributed by atoms with Crippen LogP contribution in [0.25, 0.3) is 10.4 Å². The molecule has 0 radical (unpaired) electrons. The number of aryl methyl sites for hydroxylation is 1. The monoisotopic (exact) mass is 1140 g/mol. The van der Waals surface area contributed by atoms with E-state index >= 15 is 0 Å². The van der Waals surface area contributed by atoms with Crippen molar-refractivity contribution >= 4 is 63.7 Å². The fourth-order valence-electron chi connectivity index (χ4n) is 9.95. The zero-order valence-corrected chi connectivity index (χ0v) is 46.8. The number of nitriles is 1. The van der Waals surface area contributed by atoms with Gasteiger partial charge in [-0.15, -0.1) is 11.3 Å². The van der Waals surface area contributed by atoms with Crippen LogP contribution in [0, 0.1) is 24.2 Å². The second kappa shape index (κ2) is 26.5. The van der Waals surface area contributed by atoms with Crippen molar-refractivity contribution in [3.05, 3.63) is 124 Å². The van der Waals surface area contributed by atoms with Crippen molar-refractivity contribution in [2.24, 2.45) is 5.92 Å². The van der Waals surface area contributed by atoms with Crippen LogP contribution in [0.15, 0.2) is 90.4 Å². The predicted octanol–water partition coefficient (Wildman–Crippen LogP) is 8.74. The van der Waals surface area contributed by atoms with Crippen molar-refractivity contribution < 1.29 is 60.8 Å². The highest BCUT2D eigenvalue weighted by Gasteiger charge is 2.51.